The van der Waals surface area contributed by atoms with Gasteiger partial charge in [0.15, 0.2) is 0 Å². The fourth-order valence-corrected chi connectivity index (χ4v) is 4.82. The van der Waals surface area contributed by atoms with Crippen LogP contribution in [0.4, 0.5) is 0 Å². The van der Waals surface area contributed by atoms with Gasteiger partial charge in [-0.2, -0.15) is 0 Å². The lowest BCUT2D eigenvalue weighted by molar-refractivity contribution is 0.0161. The summed E-state index contributed by atoms with van der Waals surface area (Å²) in [6.07, 6.45) is 6.54. The summed E-state index contributed by atoms with van der Waals surface area (Å²) in [5.74, 6) is -0.333. The van der Waals surface area contributed by atoms with Gasteiger partial charge in [0.2, 0.25) is 0 Å². The zero-order valence-corrected chi connectivity index (χ0v) is 19.7. The fraction of sp³-hybridized carbons (Fsp3) is 0.259. The van der Waals surface area contributed by atoms with Crippen molar-refractivity contribution < 1.29 is 14.3 Å². The van der Waals surface area contributed by atoms with Crippen molar-refractivity contribution in [3.63, 3.8) is 0 Å². The van der Waals surface area contributed by atoms with E-state index in [4.69, 9.17) is 21.1 Å². The molecule has 0 amide bonds. The van der Waals surface area contributed by atoms with Crippen LogP contribution in [0.5, 0.6) is 0 Å². The molecule has 0 bridgehead atoms. The number of aromatic nitrogens is 2. The van der Waals surface area contributed by atoms with Gasteiger partial charge in [-0.05, 0) is 53.4 Å². The summed E-state index contributed by atoms with van der Waals surface area (Å²) in [7, 11) is 1.41. The van der Waals surface area contributed by atoms with E-state index in [0.717, 1.165) is 52.7 Å². The molecule has 2 aromatic carbocycles. The summed E-state index contributed by atoms with van der Waals surface area (Å²) in [6, 6.07) is 15.8. The summed E-state index contributed by atoms with van der Waals surface area (Å²) in [5.41, 5.74) is 5.81. The lowest BCUT2D eigenvalue weighted by Gasteiger charge is -2.35. The second-order valence-electron chi connectivity index (χ2n) is 8.42. The maximum Gasteiger partial charge on any atom is 0.338 e. The number of methoxy groups -OCH3 is 1. The predicted octanol–water partition coefficient (Wildman–Crippen LogP) is 5.29. The van der Waals surface area contributed by atoms with Gasteiger partial charge in [-0.1, -0.05) is 29.8 Å². The Morgan fingerprint density at radius 3 is 2.71 bits per heavy atom. The van der Waals surface area contributed by atoms with E-state index in [2.05, 4.69) is 20.9 Å². The second-order valence-corrected chi connectivity index (χ2v) is 8.85. The number of halogens is 1. The quantitative estimate of drug-likeness (QED) is 0.384. The molecule has 1 aliphatic heterocycles. The molecule has 6 nitrogen and oxygen atoms in total. The average Bonchev–Trinajstić information content (AvgIpc) is 3.31. The van der Waals surface area contributed by atoms with Crippen LogP contribution in [0.15, 0.2) is 67.1 Å². The Kier molecular flexibility index (Phi) is 6.63. The number of rotatable bonds is 6. The number of fused-ring (bicyclic) bond motifs is 1. The summed E-state index contributed by atoms with van der Waals surface area (Å²) in [6.45, 7) is 3.06. The van der Waals surface area contributed by atoms with E-state index in [-0.39, 0.29) is 12.0 Å². The van der Waals surface area contributed by atoms with Crippen molar-refractivity contribution in [3.05, 3.63) is 88.8 Å². The minimum Gasteiger partial charge on any atom is -0.465 e. The molecule has 1 N–H and O–H groups in total. The maximum absolute atomic E-state index is 12.5. The van der Waals surface area contributed by atoms with Crippen LogP contribution in [-0.2, 0) is 15.9 Å². The van der Waals surface area contributed by atoms with Gasteiger partial charge in [-0.3, -0.25) is 9.88 Å². The Labute approximate surface area is 203 Å². The van der Waals surface area contributed by atoms with Gasteiger partial charge in [-0.25, -0.2) is 4.79 Å². The lowest BCUT2D eigenvalue weighted by Crippen LogP contribution is -2.40. The number of pyridine rings is 1. The zero-order chi connectivity index (χ0) is 23.5. The molecule has 3 heterocycles. The predicted molar refractivity (Wildman–Crippen MR) is 133 cm³/mol. The number of morpholine rings is 1. The van der Waals surface area contributed by atoms with Crippen molar-refractivity contribution >= 4 is 28.5 Å². The molecular weight excluding hydrogens is 450 g/mol. The molecule has 1 unspecified atom stereocenters. The number of esters is 1. The molecule has 7 heteroatoms. The van der Waals surface area contributed by atoms with Crippen LogP contribution in [0.25, 0.3) is 22.0 Å². The van der Waals surface area contributed by atoms with E-state index >= 15 is 0 Å². The molecule has 0 radical (unpaired) electrons. The van der Waals surface area contributed by atoms with Crippen molar-refractivity contribution in [1.29, 1.82) is 0 Å². The number of nitrogens with zero attached hydrogens (tertiary/aromatic N) is 2. The largest absolute Gasteiger partial charge is 0.465 e. The molecule has 1 fully saturated rings. The van der Waals surface area contributed by atoms with Crippen LogP contribution in [0.1, 0.15) is 27.5 Å². The van der Waals surface area contributed by atoms with Crippen LogP contribution < -0.4 is 0 Å². The summed E-state index contributed by atoms with van der Waals surface area (Å²) < 4.78 is 10.7. The van der Waals surface area contributed by atoms with E-state index in [1.165, 1.54) is 7.11 Å². The smallest absolute Gasteiger partial charge is 0.338 e. The number of benzene rings is 2. The third-order valence-corrected chi connectivity index (χ3v) is 6.67. The van der Waals surface area contributed by atoms with Gasteiger partial charge in [0.1, 0.15) is 0 Å². The zero-order valence-electron chi connectivity index (χ0n) is 19.0. The number of hydrogen-bond donors (Lipinski definition) is 1. The van der Waals surface area contributed by atoms with E-state index in [1.54, 1.807) is 0 Å². The molecule has 0 aliphatic carbocycles. The molecule has 1 saturated heterocycles. The van der Waals surface area contributed by atoms with E-state index in [1.807, 2.05) is 61.1 Å². The van der Waals surface area contributed by atoms with Crippen LogP contribution in [0.2, 0.25) is 5.02 Å². The molecular formula is C27H26ClN3O3. The SMILES string of the molecule is COC(=O)c1cccc2[nH]cc(CC(c3cncc(-c4ccc(Cl)cc4)c3)N3CCOCC3)c12. The Bertz CT molecular complexity index is 1300. The fourth-order valence-electron chi connectivity index (χ4n) is 4.69. The molecule has 174 valence electrons. The highest BCUT2D eigenvalue weighted by Crippen LogP contribution is 2.33. The minimum atomic E-state index is -0.333. The second kappa shape index (κ2) is 9.97. The van der Waals surface area contributed by atoms with E-state index in [9.17, 15) is 4.79 Å². The lowest BCUT2D eigenvalue weighted by atomic mass is 9.94. The van der Waals surface area contributed by atoms with Gasteiger partial charge in [0.25, 0.3) is 0 Å². The van der Waals surface area contributed by atoms with Crippen LogP contribution >= 0.6 is 11.6 Å². The molecule has 5 rings (SSSR count). The number of carbonyl (C=O) groups excluding carboxylic acids is 1. The standard InChI is InChI=1S/C27H26ClN3O3/c1-33-27(32)23-3-2-4-24-26(23)21(17-30-24)14-25(31-9-11-34-12-10-31)20-13-19(15-29-16-20)18-5-7-22(28)8-6-18/h2-8,13,15-17,25,30H,9-12,14H2,1H3. The van der Waals surface area contributed by atoms with Gasteiger partial charge in [0.05, 0.1) is 25.9 Å². The minimum absolute atomic E-state index is 0.0772. The molecule has 1 aliphatic rings. The Balaban J connectivity index is 1.55. The molecule has 0 spiro atoms. The number of aromatic amines is 1. The Morgan fingerprint density at radius 1 is 1.15 bits per heavy atom. The van der Waals surface area contributed by atoms with Crippen molar-refractivity contribution in [3.8, 4) is 11.1 Å². The van der Waals surface area contributed by atoms with E-state index in [0.29, 0.717) is 23.8 Å². The number of nitrogens with one attached hydrogen (secondary N) is 1. The number of H-pyrrole nitrogens is 1. The molecule has 4 aromatic rings. The van der Waals surface area contributed by atoms with Crippen molar-refractivity contribution in [2.24, 2.45) is 0 Å². The van der Waals surface area contributed by atoms with Crippen molar-refractivity contribution in [1.82, 2.24) is 14.9 Å². The first-order valence-electron chi connectivity index (χ1n) is 11.3. The Hall–Kier alpha value is -3.19. The highest BCUT2D eigenvalue weighted by atomic mass is 35.5. The van der Waals surface area contributed by atoms with Crippen LogP contribution in [-0.4, -0.2) is 54.3 Å². The first-order chi connectivity index (χ1) is 16.6. The maximum atomic E-state index is 12.5. The Morgan fingerprint density at radius 2 is 1.94 bits per heavy atom. The van der Waals surface area contributed by atoms with E-state index < -0.39 is 0 Å². The topological polar surface area (TPSA) is 67.5 Å². The molecule has 0 saturated carbocycles. The van der Waals surface area contributed by atoms with Gasteiger partial charge < -0.3 is 14.5 Å². The third kappa shape index (κ3) is 4.57. The van der Waals surface area contributed by atoms with Crippen LogP contribution in [0, 0.1) is 0 Å². The summed E-state index contributed by atoms with van der Waals surface area (Å²) in [4.78, 5) is 22.8. The van der Waals surface area contributed by atoms with Crippen LogP contribution in [0.3, 0.4) is 0 Å². The van der Waals surface area contributed by atoms with Crippen molar-refractivity contribution in [2.75, 3.05) is 33.4 Å². The third-order valence-electron chi connectivity index (χ3n) is 6.41. The monoisotopic (exact) mass is 475 g/mol. The normalized spacial score (nSPS) is 15.4. The molecule has 1 atom stereocenters. The summed E-state index contributed by atoms with van der Waals surface area (Å²) >= 11 is 6.09. The highest BCUT2D eigenvalue weighted by molar-refractivity contribution is 6.30. The van der Waals surface area contributed by atoms with Gasteiger partial charge in [0, 0.05) is 59.2 Å². The molecule has 34 heavy (non-hydrogen) atoms. The highest BCUT2D eigenvalue weighted by Gasteiger charge is 2.26. The first-order valence-corrected chi connectivity index (χ1v) is 11.7. The average molecular weight is 476 g/mol. The summed E-state index contributed by atoms with van der Waals surface area (Å²) in [5, 5.41) is 1.62. The number of carbonyl (C=O) groups is 1. The number of ether oxygens (including phenoxy) is 2. The van der Waals surface area contributed by atoms with Crippen molar-refractivity contribution in [2.45, 2.75) is 12.5 Å². The van der Waals surface area contributed by atoms with Gasteiger partial charge >= 0.3 is 5.97 Å². The number of hydrogen-bond acceptors (Lipinski definition) is 5. The molecule has 2 aromatic heterocycles. The first kappa shape index (κ1) is 22.6. The van der Waals surface area contributed by atoms with Gasteiger partial charge in [-0.15, -0.1) is 0 Å².